The van der Waals surface area contributed by atoms with E-state index in [4.69, 9.17) is 4.74 Å². The molecule has 2 rings (SSSR count). The second-order valence-corrected chi connectivity index (χ2v) is 9.09. The van der Waals surface area contributed by atoms with Crippen LogP contribution in [0.2, 0.25) is 0 Å². The molecule has 3 nitrogen and oxygen atoms in total. The molecule has 2 aromatic carbocycles. The zero-order valence-electron chi connectivity index (χ0n) is 18.0. The van der Waals surface area contributed by atoms with Crippen LogP contribution in [0.15, 0.2) is 54.6 Å². The lowest BCUT2D eigenvalue weighted by molar-refractivity contribution is -0.116. The lowest BCUT2D eigenvalue weighted by Gasteiger charge is -2.22. The molecule has 0 aliphatic heterocycles. The van der Waals surface area contributed by atoms with Crippen LogP contribution in [0.1, 0.15) is 58.2 Å². The number of nitrogens with one attached hydrogen (secondary N) is 1. The van der Waals surface area contributed by atoms with Crippen LogP contribution < -0.4 is 10.1 Å². The first-order chi connectivity index (χ1) is 13.1. The topological polar surface area (TPSA) is 38.3 Å². The van der Waals surface area contributed by atoms with Gasteiger partial charge < -0.3 is 10.1 Å². The zero-order chi connectivity index (χ0) is 20.8. The molecule has 0 aliphatic carbocycles. The number of amides is 1. The first kappa shape index (κ1) is 21.7. The van der Waals surface area contributed by atoms with Crippen molar-refractivity contribution < 1.29 is 9.53 Å². The third-order valence-electron chi connectivity index (χ3n) is 4.56. The Morgan fingerprint density at radius 1 is 0.929 bits per heavy atom. The highest BCUT2D eigenvalue weighted by molar-refractivity contribution is 5.91. The van der Waals surface area contributed by atoms with Gasteiger partial charge >= 0.3 is 0 Å². The van der Waals surface area contributed by atoms with Gasteiger partial charge in [0, 0.05) is 6.08 Å². The van der Waals surface area contributed by atoms with Crippen molar-refractivity contribution in [3.63, 3.8) is 0 Å². The Morgan fingerprint density at radius 3 is 2.18 bits per heavy atom. The van der Waals surface area contributed by atoms with Crippen LogP contribution in [0.4, 0.5) is 0 Å². The Bertz CT molecular complexity index is 806. The van der Waals surface area contributed by atoms with E-state index in [9.17, 15) is 4.79 Å². The third kappa shape index (κ3) is 6.56. The first-order valence-corrected chi connectivity index (χ1v) is 9.86. The van der Waals surface area contributed by atoms with Crippen molar-refractivity contribution in [3.8, 4) is 5.75 Å². The summed E-state index contributed by atoms with van der Waals surface area (Å²) >= 11 is 0. The SMILES string of the molecule is CC(C)(C)c1ccc(/C=C/C(=O)NCCOc2ccccc2C(C)(C)C)cc1. The molecule has 1 N–H and O–H groups in total. The molecule has 1 amide bonds. The summed E-state index contributed by atoms with van der Waals surface area (Å²) in [5.74, 6) is 0.756. The summed E-state index contributed by atoms with van der Waals surface area (Å²) in [5, 5.41) is 2.87. The Hall–Kier alpha value is -2.55. The van der Waals surface area contributed by atoms with Crippen molar-refractivity contribution >= 4 is 12.0 Å². The van der Waals surface area contributed by atoms with Crippen LogP contribution in [0.25, 0.3) is 6.08 Å². The number of carbonyl (C=O) groups is 1. The lowest BCUT2D eigenvalue weighted by Crippen LogP contribution is -2.26. The van der Waals surface area contributed by atoms with Gasteiger partial charge in [-0.05, 0) is 39.7 Å². The smallest absolute Gasteiger partial charge is 0.244 e. The Labute approximate surface area is 169 Å². The van der Waals surface area contributed by atoms with Gasteiger partial charge in [0.2, 0.25) is 5.91 Å². The van der Waals surface area contributed by atoms with E-state index in [0.29, 0.717) is 13.2 Å². The van der Waals surface area contributed by atoms with E-state index in [-0.39, 0.29) is 16.7 Å². The molecule has 0 radical (unpaired) electrons. The molecular weight excluding hydrogens is 346 g/mol. The third-order valence-corrected chi connectivity index (χ3v) is 4.56. The molecule has 0 unspecified atom stereocenters. The molecule has 150 valence electrons. The Kier molecular flexibility index (Phi) is 7.06. The molecule has 0 bridgehead atoms. The van der Waals surface area contributed by atoms with E-state index >= 15 is 0 Å². The summed E-state index contributed by atoms with van der Waals surface area (Å²) < 4.78 is 5.88. The number of ether oxygens (including phenoxy) is 1. The summed E-state index contributed by atoms with van der Waals surface area (Å²) in [4.78, 5) is 12.0. The van der Waals surface area contributed by atoms with Gasteiger partial charge in [0.15, 0.2) is 0 Å². The fraction of sp³-hybridized carbons (Fsp3) is 0.400. The minimum atomic E-state index is -0.118. The number of benzene rings is 2. The maximum atomic E-state index is 12.0. The van der Waals surface area contributed by atoms with Crippen LogP contribution in [-0.4, -0.2) is 19.1 Å². The molecule has 0 spiro atoms. The van der Waals surface area contributed by atoms with Crippen molar-refractivity contribution in [3.05, 3.63) is 71.3 Å². The standard InChI is InChI=1S/C25H33NO2/c1-24(2,3)20-14-11-19(12-15-20)13-16-23(27)26-17-18-28-22-10-8-7-9-21(22)25(4,5)6/h7-16H,17-18H2,1-6H3,(H,26,27)/b16-13+. The molecule has 0 aromatic heterocycles. The van der Waals surface area contributed by atoms with Crippen molar-refractivity contribution in [2.24, 2.45) is 0 Å². The number of hydrogen-bond donors (Lipinski definition) is 1. The molecule has 0 heterocycles. The first-order valence-electron chi connectivity index (χ1n) is 9.86. The van der Waals surface area contributed by atoms with Gasteiger partial charge in [0.05, 0.1) is 6.54 Å². The molecular formula is C25H33NO2. The summed E-state index contributed by atoms with van der Waals surface area (Å²) in [6.45, 7) is 14.0. The second-order valence-electron chi connectivity index (χ2n) is 9.09. The summed E-state index contributed by atoms with van der Waals surface area (Å²) in [6, 6.07) is 16.3. The summed E-state index contributed by atoms with van der Waals surface area (Å²) in [7, 11) is 0. The van der Waals surface area contributed by atoms with Crippen LogP contribution in [0.5, 0.6) is 5.75 Å². The van der Waals surface area contributed by atoms with E-state index in [1.165, 1.54) is 11.1 Å². The minimum absolute atomic E-state index is 0.0190. The van der Waals surface area contributed by atoms with Crippen LogP contribution in [-0.2, 0) is 15.6 Å². The average molecular weight is 380 g/mol. The molecule has 0 saturated carbocycles. The van der Waals surface area contributed by atoms with E-state index in [1.807, 2.05) is 36.4 Å². The van der Waals surface area contributed by atoms with E-state index < -0.39 is 0 Å². The predicted octanol–water partition coefficient (Wildman–Crippen LogP) is 5.49. The quantitative estimate of drug-likeness (QED) is 0.532. The number of para-hydroxylation sites is 1. The van der Waals surface area contributed by atoms with E-state index in [0.717, 1.165) is 11.3 Å². The molecule has 28 heavy (non-hydrogen) atoms. The van der Waals surface area contributed by atoms with Gasteiger partial charge in [-0.2, -0.15) is 0 Å². The van der Waals surface area contributed by atoms with Crippen molar-refractivity contribution in [1.82, 2.24) is 5.32 Å². The highest BCUT2D eigenvalue weighted by atomic mass is 16.5. The maximum Gasteiger partial charge on any atom is 0.244 e. The highest BCUT2D eigenvalue weighted by Crippen LogP contribution is 2.30. The van der Waals surface area contributed by atoms with Crippen LogP contribution >= 0.6 is 0 Å². The van der Waals surface area contributed by atoms with E-state index in [2.05, 4.69) is 65.1 Å². The normalized spacial score (nSPS) is 12.2. The lowest BCUT2D eigenvalue weighted by atomic mass is 9.86. The summed E-state index contributed by atoms with van der Waals surface area (Å²) in [5.41, 5.74) is 3.61. The second kappa shape index (κ2) is 9.09. The fourth-order valence-electron chi connectivity index (χ4n) is 2.87. The Morgan fingerprint density at radius 2 is 1.57 bits per heavy atom. The number of carbonyl (C=O) groups excluding carboxylic acids is 1. The van der Waals surface area contributed by atoms with Gasteiger partial charge in [0.1, 0.15) is 12.4 Å². The molecule has 0 fully saturated rings. The van der Waals surface area contributed by atoms with E-state index in [1.54, 1.807) is 6.08 Å². The average Bonchev–Trinajstić information content (AvgIpc) is 2.63. The largest absolute Gasteiger partial charge is 0.491 e. The van der Waals surface area contributed by atoms with Gasteiger partial charge in [-0.1, -0.05) is 84.0 Å². The molecule has 3 heteroatoms. The van der Waals surface area contributed by atoms with Crippen molar-refractivity contribution in [2.45, 2.75) is 52.4 Å². The van der Waals surface area contributed by atoms with Crippen LogP contribution in [0, 0.1) is 0 Å². The number of rotatable bonds is 6. The van der Waals surface area contributed by atoms with Crippen molar-refractivity contribution in [2.75, 3.05) is 13.2 Å². The van der Waals surface area contributed by atoms with Gasteiger partial charge in [-0.15, -0.1) is 0 Å². The maximum absolute atomic E-state index is 12.0. The molecule has 2 aromatic rings. The molecule has 0 aliphatic rings. The van der Waals surface area contributed by atoms with Crippen LogP contribution in [0.3, 0.4) is 0 Å². The summed E-state index contributed by atoms with van der Waals surface area (Å²) in [6.07, 6.45) is 3.40. The van der Waals surface area contributed by atoms with Gasteiger partial charge in [0.25, 0.3) is 0 Å². The zero-order valence-corrected chi connectivity index (χ0v) is 18.0. The van der Waals surface area contributed by atoms with Crippen molar-refractivity contribution in [1.29, 1.82) is 0 Å². The molecule has 0 atom stereocenters. The monoisotopic (exact) mass is 379 g/mol. The molecule has 0 saturated heterocycles. The fourth-order valence-corrected chi connectivity index (χ4v) is 2.87. The number of hydrogen-bond acceptors (Lipinski definition) is 2. The Balaban J connectivity index is 1.81. The highest BCUT2D eigenvalue weighted by Gasteiger charge is 2.18. The minimum Gasteiger partial charge on any atom is -0.491 e. The van der Waals surface area contributed by atoms with Gasteiger partial charge in [-0.3, -0.25) is 4.79 Å². The predicted molar refractivity (Wildman–Crippen MR) is 118 cm³/mol. The van der Waals surface area contributed by atoms with Gasteiger partial charge in [-0.25, -0.2) is 0 Å².